The molecule has 0 aromatic carbocycles. The molecule has 10 heavy (non-hydrogen) atoms. The van der Waals surface area contributed by atoms with Crippen molar-refractivity contribution in [3.8, 4) is 0 Å². The van der Waals surface area contributed by atoms with Crippen LogP contribution in [0.2, 0.25) is 0 Å². The highest BCUT2D eigenvalue weighted by atomic mass is 32.1. The number of thiazole rings is 1. The van der Waals surface area contributed by atoms with Gasteiger partial charge in [0.25, 0.3) is 0 Å². The van der Waals surface area contributed by atoms with E-state index in [2.05, 4.69) is 9.88 Å². The van der Waals surface area contributed by atoms with Crippen LogP contribution in [0.4, 0.5) is 0 Å². The minimum absolute atomic E-state index is 0.627. The van der Waals surface area contributed by atoms with Gasteiger partial charge in [-0.3, -0.25) is 4.98 Å². The van der Waals surface area contributed by atoms with E-state index in [1.165, 1.54) is 0 Å². The van der Waals surface area contributed by atoms with Gasteiger partial charge in [-0.15, -0.1) is 11.3 Å². The molecule has 0 aliphatic carbocycles. The van der Waals surface area contributed by atoms with Gasteiger partial charge < -0.3 is 4.90 Å². The minimum atomic E-state index is 0.627. The zero-order valence-corrected chi connectivity index (χ0v) is 6.98. The van der Waals surface area contributed by atoms with Gasteiger partial charge in [-0.2, -0.15) is 0 Å². The van der Waals surface area contributed by atoms with E-state index >= 15 is 0 Å². The van der Waals surface area contributed by atoms with Crippen molar-refractivity contribution in [2.75, 3.05) is 14.1 Å². The third kappa shape index (κ3) is 2.12. The second kappa shape index (κ2) is 3.17. The molecule has 0 bridgehead atoms. The van der Waals surface area contributed by atoms with Crippen molar-refractivity contribution in [1.29, 1.82) is 0 Å². The molecule has 52 valence electrons. The number of hydrogen-bond acceptors (Lipinski definition) is 3. The molecule has 0 unspecified atom stereocenters. The number of nitrogens with zero attached hydrogens (tertiary/aromatic N) is 2. The fourth-order valence-electron chi connectivity index (χ4n) is 0.668. The Kier molecular flexibility index (Phi) is 2.46. The fourth-order valence-corrected chi connectivity index (χ4v) is 1.47. The first-order valence-corrected chi connectivity index (χ1v) is 3.91. The molecule has 1 heterocycles. The van der Waals surface area contributed by atoms with Gasteiger partial charge >= 0.3 is 0 Å². The van der Waals surface area contributed by atoms with Crippen molar-refractivity contribution in [1.82, 2.24) is 9.88 Å². The smallest absolute Gasteiger partial charge is 0.142 e. The third-order valence-corrected chi connectivity index (χ3v) is 1.87. The predicted octanol–water partition coefficient (Wildman–Crippen LogP) is -0.00150. The van der Waals surface area contributed by atoms with E-state index in [1.54, 1.807) is 11.3 Å². The average molecular weight is 152 g/mol. The largest absolute Gasteiger partial charge is 0.303 e. The summed E-state index contributed by atoms with van der Waals surface area (Å²) >= 11 is 1.60. The van der Waals surface area contributed by atoms with Crippen LogP contribution in [-0.4, -0.2) is 31.8 Å². The average Bonchev–Trinajstić information content (AvgIpc) is 2.13. The summed E-state index contributed by atoms with van der Waals surface area (Å²) in [4.78, 5) is 6.17. The monoisotopic (exact) mass is 152 g/mol. The van der Waals surface area contributed by atoms with E-state index in [1.807, 2.05) is 19.5 Å². The van der Waals surface area contributed by atoms with Gasteiger partial charge in [-0.1, -0.05) is 0 Å². The number of aromatic nitrogens is 1. The van der Waals surface area contributed by atoms with Gasteiger partial charge in [-0.05, 0) is 19.7 Å². The minimum Gasteiger partial charge on any atom is -0.303 e. The molecular formula is C6H9BN2S. The summed E-state index contributed by atoms with van der Waals surface area (Å²) in [5.74, 6) is 0. The van der Waals surface area contributed by atoms with Crippen molar-refractivity contribution in [2.45, 2.75) is 6.54 Å². The molecule has 0 fully saturated rings. The second-order valence-corrected chi connectivity index (χ2v) is 3.35. The molecule has 1 aromatic heterocycles. The Morgan fingerprint density at radius 1 is 1.70 bits per heavy atom. The van der Waals surface area contributed by atoms with Gasteiger partial charge in [0, 0.05) is 11.9 Å². The summed E-state index contributed by atoms with van der Waals surface area (Å²) in [6.45, 7) is 0.877. The third-order valence-electron chi connectivity index (χ3n) is 1.02. The maximum absolute atomic E-state index is 5.44. The van der Waals surface area contributed by atoms with Gasteiger partial charge in [0.05, 0.1) is 0 Å². The molecule has 0 aliphatic rings. The Bertz CT molecular complexity index is 209. The first-order valence-electron chi connectivity index (χ1n) is 3.03. The normalized spacial score (nSPS) is 10.7. The van der Waals surface area contributed by atoms with Crippen LogP contribution in [0.3, 0.4) is 0 Å². The zero-order valence-electron chi connectivity index (χ0n) is 6.16. The highest BCUT2D eigenvalue weighted by Crippen LogP contribution is 2.02. The summed E-state index contributed by atoms with van der Waals surface area (Å²) in [5, 5.41) is 2.93. The SMILES string of the molecule is [B]c1csc(CN(C)C)n1. The Labute approximate surface area is 66.3 Å². The van der Waals surface area contributed by atoms with Crippen LogP contribution in [0, 0.1) is 0 Å². The van der Waals surface area contributed by atoms with E-state index in [0.29, 0.717) is 5.59 Å². The lowest BCUT2D eigenvalue weighted by Crippen LogP contribution is -2.12. The number of hydrogen-bond donors (Lipinski definition) is 0. The lowest BCUT2D eigenvalue weighted by Gasteiger charge is -2.04. The van der Waals surface area contributed by atoms with Crippen LogP contribution >= 0.6 is 11.3 Å². The van der Waals surface area contributed by atoms with Gasteiger partial charge in [0.2, 0.25) is 0 Å². The Morgan fingerprint density at radius 3 is 2.80 bits per heavy atom. The molecule has 1 aromatic rings. The van der Waals surface area contributed by atoms with E-state index in [-0.39, 0.29) is 0 Å². The summed E-state index contributed by atoms with van der Waals surface area (Å²) in [5.41, 5.74) is 0.627. The molecule has 0 atom stereocenters. The van der Waals surface area contributed by atoms with Crippen LogP contribution in [0.5, 0.6) is 0 Å². The Hall–Kier alpha value is -0.345. The van der Waals surface area contributed by atoms with Crippen molar-refractivity contribution in [2.24, 2.45) is 0 Å². The molecule has 0 amide bonds. The van der Waals surface area contributed by atoms with Crippen molar-refractivity contribution < 1.29 is 0 Å². The molecule has 2 nitrogen and oxygen atoms in total. The summed E-state index contributed by atoms with van der Waals surface area (Å²) in [6.07, 6.45) is 0. The van der Waals surface area contributed by atoms with Gasteiger partial charge in [0.1, 0.15) is 12.9 Å². The van der Waals surface area contributed by atoms with E-state index < -0.39 is 0 Å². The quantitative estimate of drug-likeness (QED) is 0.554. The van der Waals surface area contributed by atoms with E-state index in [9.17, 15) is 0 Å². The molecular weight excluding hydrogens is 143 g/mol. The fraction of sp³-hybridized carbons (Fsp3) is 0.500. The molecule has 0 aliphatic heterocycles. The van der Waals surface area contributed by atoms with Gasteiger partial charge in [-0.25, -0.2) is 0 Å². The van der Waals surface area contributed by atoms with Crippen LogP contribution in [0.15, 0.2) is 5.38 Å². The lowest BCUT2D eigenvalue weighted by molar-refractivity contribution is 0.402. The van der Waals surface area contributed by atoms with Crippen LogP contribution in [0.1, 0.15) is 5.01 Å². The second-order valence-electron chi connectivity index (χ2n) is 2.40. The lowest BCUT2D eigenvalue weighted by atomic mass is 10.1. The molecule has 0 saturated carbocycles. The maximum atomic E-state index is 5.44. The molecule has 0 N–H and O–H groups in total. The van der Waals surface area contributed by atoms with Crippen LogP contribution in [0.25, 0.3) is 0 Å². The van der Waals surface area contributed by atoms with Crippen molar-refractivity contribution in [3.05, 3.63) is 10.4 Å². The first-order chi connectivity index (χ1) is 4.68. The molecule has 1 rings (SSSR count). The zero-order chi connectivity index (χ0) is 7.56. The highest BCUT2D eigenvalue weighted by molar-refractivity contribution is 7.10. The summed E-state index contributed by atoms with van der Waals surface area (Å²) < 4.78 is 0. The summed E-state index contributed by atoms with van der Waals surface area (Å²) in [7, 11) is 9.46. The highest BCUT2D eigenvalue weighted by Gasteiger charge is 1.97. The Balaban J connectivity index is 2.58. The van der Waals surface area contributed by atoms with Crippen LogP contribution < -0.4 is 5.59 Å². The van der Waals surface area contributed by atoms with Crippen molar-refractivity contribution >= 4 is 24.8 Å². The summed E-state index contributed by atoms with van der Waals surface area (Å²) in [6, 6.07) is 0. The first kappa shape index (κ1) is 7.76. The van der Waals surface area contributed by atoms with Gasteiger partial charge in [0.15, 0.2) is 0 Å². The molecule has 0 spiro atoms. The number of rotatable bonds is 2. The Morgan fingerprint density at radius 2 is 2.40 bits per heavy atom. The predicted molar refractivity (Wildman–Crippen MR) is 44.9 cm³/mol. The molecule has 0 saturated heterocycles. The van der Waals surface area contributed by atoms with Crippen LogP contribution in [-0.2, 0) is 6.54 Å². The molecule has 4 heteroatoms. The standard InChI is InChI=1S/C6H9BN2S/c1-9(2)3-6-8-5(7)4-10-6/h4H,3H2,1-2H3. The maximum Gasteiger partial charge on any atom is 0.142 e. The molecule has 2 radical (unpaired) electrons. The van der Waals surface area contributed by atoms with E-state index in [0.717, 1.165) is 11.6 Å². The van der Waals surface area contributed by atoms with Crippen molar-refractivity contribution in [3.63, 3.8) is 0 Å². The topological polar surface area (TPSA) is 16.1 Å². The van der Waals surface area contributed by atoms with E-state index in [4.69, 9.17) is 7.85 Å².